The summed E-state index contributed by atoms with van der Waals surface area (Å²) in [6.45, 7) is -0.163. The maximum Gasteiger partial charge on any atom is 0.418 e. The number of hydrogen-bond acceptors (Lipinski definition) is 3. The Kier molecular flexibility index (Phi) is 4.55. The van der Waals surface area contributed by atoms with Crippen molar-refractivity contribution in [2.45, 2.75) is 30.7 Å². The molecule has 1 saturated heterocycles. The molecule has 0 saturated carbocycles. The first-order valence-electron chi connectivity index (χ1n) is 6.73. The number of rotatable bonds is 4. The zero-order valence-corrected chi connectivity index (χ0v) is 11.4. The molecular formula is C14H18F4N2O. The molecule has 1 fully saturated rings. The van der Waals surface area contributed by atoms with Crippen molar-refractivity contribution in [2.75, 3.05) is 19.6 Å². The Balaban J connectivity index is 2.04. The van der Waals surface area contributed by atoms with E-state index in [0.29, 0.717) is 6.42 Å². The molecule has 1 aliphatic heterocycles. The lowest BCUT2D eigenvalue weighted by atomic mass is 10.0. The van der Waals surface area contributed by atoms with Crippen LogP contribution < -0.4 is 5.73 Å². The molecule has 0 aromatic heterocycles. The molecule has 7 heteroatoms. The molecule has 0 radical (unpaired) electrons. The monoisotopic (exact) mass is 306 g/mol. The predicted octanol–water partition coefficient (Wildman–Crippen LogP) is 1.69. The Bertz CT molecular complexity index is 477. The van der Waals surface area contributed by atoms with Crippen LogP contribution in [0.15, 0.2) is 24.3 Å². The largest absolute Gasteiger partial charge is 0.418 e. The van der Waals surface area contributed by atoms with E-state index in [9.17, 15) is 22.7 Å². The first-order chi connectivity index (χ1) is 9.75. The van der Waals surface area contributed by atoms with Crippen LogP contribution in [0.25, 0.3) is 0 Å². The summed E-state index contributed by atoms with van der Waals surface area (Å²) in [7, 11) is 0. The van der Waals surface area contributed by atoms with Gasteiger partial charge in [-0.2, -0.15) is 13.2 Å². The lowest BCUT2D eigenvalue weighted by molar-refractivity contribution is -0.254. The molecule has 0 bridgehead atoms. The normalized spacial score (nSPS) is 25.2. The van der Waals surface area contributed by atoms with Gasteiger partial charge in [-0.15, -0.1) is 0 Å². The quantitative estimate of drug-likeness (QED) is 0.833. The minimum Gasteiger partial charge on any atom is -0.379 e. The highest BCUT2D eigenvalue weighted by Gasteiger charge is 2.57. The van der Waals surface area contributed by atoms with E-state index >= 15 is 0 Å². The molecule has 0 aliphatic carbocycles. The average molecular weight is 306 g/mol. The van der Waals surface area contributed by atoms with Gasteiger partial charge < -0.3 is 10.8 Å². The SMILES string of the molecule is NC[C@@H](Cc1ccc(F)cc1)N1CC[C@](O)(C(F)(F)F)C1. The topological polar surface area (TPSA) is 49.5 Å². The molecular weight excluding hydrogens is 288 g/mol. The van der Waals surface area contributed by atoms with Gasteiger partial charge in [0.05, 0.1) is 0 Å². The van der Waals surface area contributed by atoms with Gasteiger partial charge >= 0.3 is 6.18 Å². The fourth-order valence-corrected chi connectivity index (χ4v) is 2.62. The van der Waals surface area contributed by atoms with Crippen molar-refractivity contribution in [3.05, 3.63) is 35.6 Å². The molecule has 3 nitrogen and oxygen atoms in total. The van der Waals surface area contributed by atoms with Crippen LogP contribution in [-0.2, 0) is 6.42 Å². The third-order valence-corrected chi connectivity index (χ3v) is 3.98. The fourth-order valence-electron chi connectivity index (χ4n) is 2.62. The van der Waals surface area contributed by atoms with Crippen LogP contribution in [0, 0.1) is 5.82 Å². The standard InChI is InChI=1S/C14H18F4N2O/c15-11-3-1-10(2-4-11)7-12(8-19)20-6-5-13(21,9-20)14(16,17)18/h1-4,12,21H,5-9,19H2/t12-,13-/m1/s1. The van der Waals surface area contributed by atoms with Gasteiger partial charge in [-0.1, -0.05) is 12.1 Å². The molecule has 3 N–H and O–H groups in total. The van der Waals surface area contributed by atoms with E-state index in [1.807, 2.05) is 0 Å². The zero-order valence-electron chi connectivity index (χ0n) is 11.4. The Labute approximate surface area is 120 Å². The van der Waals surface area contributed by atoms with Crippen molar-refractivity contribution in [3.8, 4) is 0 Å². The van der Waals surface area contributed by atoms with E-state index in [-0.39, 0.29) is 31.4 Å². The molecule has 1 aliphatic rings. The Morgan fingerprint density at radius 2 is 1.90 bits per heavy atom. The van der Waals surface area contributed by atoms with E-state index in [1.165, 1.54) is 12.1 Å². The summed E-state index contributed by atoms with van der Waals surface area (Å²) < 4.78 is 51.3. The van der Waals surface area contributed by atoms with Crippen LogP contribution in [0.3, 0.4) is 0 Å². The van der Waals surface area contributed by atoms with Crippen LogP contribution in [0.4, 0.5) is 17.6 Å². The van der Waals surface area contributed by atoms with Crippen LogP contribution in [0.5, 0.6) is 0 Å². The highest BCUT2D eigenvalue weighted by Crippen LogP contribution is 2.38. The van der Waals surface area contributed by atoms with Crippen molar-refractivity contribution in [1.29, 1.82) is 0 Å². The molecule has 0 unspecified atom stereocenters. The lowest BCUT2D eigenvalue weighted by Crippen LogP contribution is -2.50. The summed E-state index contributed by atoms with van der Waals surface area (Å²) in [5, 5.41) is 9.69. The lowest BCUT2D eigenvalue weighted by Gasteiger charge is -2.30. The van der Waals surface area contributed by atoms with Crippen molar-refractivity contribution >= 4 is 0 Å². The van der Waals surface area contributed by atoms with E-state index in [1.54, 1.807) is 17.0 Å². The first-order valence-corrected chi connectivity index (χ1v) is 6.73. The fraction of sp³-hybridized carbons (Fsp3) is 0.571. The summed E-state index contributed by atoms with van der Waals surface area (Å²) >= 11 is 0. The smallest absolute Gasteiger partial charge is 0.379 e. The summed E-state index contributed by atoms with van der Waals surface area (Å²) in [5.74, 6) is -0.365. The van der Waals surface area contributed by atoms with Gasteiger partial charge in [-0.25, -0.2) is 4.39 Å². The number of hydrogen-bond donors (Lipinski definition) is 2. The number of alkyl halides is 3. The Morgan fingerprint density at radius 3 is 2.38 bits per heavy atom. The second-order valence-electron chi connectivity index (χ2n) is 5.47. The number of β-amino-alcohol motifs (C(OH)–C–C–N with tert-alkyl or cyclic N) is 1. The molecule has 2 atom stereocenters. The van der Waals surface area contributed by atoms with Crippen molar-refractivity contribution in [2.24, 2.45) is 5.73 Å². The molecule has 0 spiro atoms. The highest BCUT2D eigenvalue weighted by molar-refractivity contribution is 5.17. The summed E-state index contributed by atoms with van der Waals surface area (Å²) in [5.41, 5.74) is 3.79. The summed E-state index contributed by atoms with van der Waals surface area (Å²) in [4.78, 5) is 1.55. The van der Waals surface area contributed by atoms with Gasteiger partial charge in [-0.05, 0) is 30.5 Å². The second-order valence-corrected chi connectivity index (χ2v) is 5.47. The van der Waals surface area contributed by atoms with Gasteiger partial charge in [0, 0.05) is 25.7 Å². The molecule has 1 aromatic rings. The number of benzene rings is 1. The number of aliphatic hydroxyl groups is 1. The minimum atomic E-state index is -4.64. The van der Waals surface area contributed by atoms with Gasteiger partial charge in [0.15, 0.2) is 5.60 Å². The van der Waals surface area contributed by atoms with E-state index in [0.717, 1.165) is 5.56 Å². The second kappa shape index (κ2) is 5.90. The van der Waals surface area contributed by atoms with Gasteiger partial charge in [0.1, 0.15) is 5.82 Å². The van der Waals surface area contributed by atoms with E-state index < -0.39 is 18.3 Å². The van der Waals surface area contributed by atoms with Gasteiger partial charge in [-0.3, -0.25) is 4.90 Å². The summed E-state index contributed by atoms with van der Waals surface area (Å²) in [6.07, 6.45) is -4.57. The zero-order chi connectivity index (χ0) is 15.7. The molecule has 21 heavy (non-hydrogen) atoms. The molecule has 118 valence electrons. The van der Waals surface area contributed by atoms with Crippen molar-refractivity contribution in [1.82, 2.24) is 4.90 Å². The summed E-state index contributed by atoms with van der Waals surface area (Å²) in [6, 6.07) is 5.47. The van der Waals surface area contributed by atoms with Gasteiger partial charge in [0.25, 0.3) is 0 Å². The molecule has 2 rings (SSSR count). The van der Waals surface area contributed by atoms with Crippen molar-refractivity contribution in [3.63, 3.8) is 0 Å². The number of nitrogens with zero attached hydrogens (tertiary/aromatic N) is 1. The highest BCUT2D eigenvalue weighted by atomic mass is 19.4. The number of likely N-dealkylation sites (tertiary alicyclic amines) is 1. The number of nitrogens with two attached hydrogens (primary N) is 1. The average Bonchev–Trinajstić information content (AvgIpc) is 2.81. The molecule has 1 heterocycles. The van der Waals surface area contributed by atoms with E-state index in [2.05, 4.69) is 0 Å². The van der Waals surface area contributed by atoms with Crippen LogP contribution in [0.2, 0.25) is 0 Å². The molecule has 1 aromatic carbocycles. The van der Waals surface area contributed by atoms with Crippen LogP contribution in [0.1, 0.15) is 12.0 Å². The Hall–Kier alpha value is -1.18. The van der Waals surface area contributed by atoms with Crippen molar-refractivity contribution < 1.29 is 22.7 Å². The first kappa shape index (κ1) is 16.2. The van der Waals surface area contributed by atoms with Crippen LogP contribution >= 0.6 is 0 Å². The molecule has 0 amide bonds. The van der Waals surface area contributed by atoms with Crippen LogP contribution in [-0.4, -0.2) is 47.5 Å². The maximum absolute atomic E-state index is 12.8. The van der Waals surface area contributed by atoms with Gasteiger partial charge in [0.2, 0.25) is 0 Å². The minimum absolute atomic E-state index is 0.138. The number of halogens is 4. The Morgan fingerprint density at radius 1 is 1.29 bits per heavy atom. The third-order valence-electron chi connectivity index (χ3n) is 3.98. The third kappa shape index (κ3) is 3.53. The maximum atomic E-state index is 12.8. The predicted molar refractivity (Wildman–Crippen MR) is 70.1 cm³/mol. The van der Waals surface area contributed by atoms with E-state index in [4.69, 9.17) is 5.73 Å².